The molecule has 0 spiro atoms. The molecule has 2 aromatic carbocycles. The van der Waals surface area contributed by atoms with Crippen LogP contribution in [0, 0.1) is 0 Å². The van der Waals surface area contributed by atoms with Crippen molar-refractivity contribution in [1.82, 2.24) is 14.8 Å². The molecule has 2 aromatic heterocycles. The normalized spacial score (nSPS) is 10.8. The lowest BCUT2D eigenvalue weighted by atomic mass is 10.2. The minimum Gasteiger partial charge on any atom is -0.441 e. The van der Waals surface area contributed by atoms with Crippen molar-refractivity contribution in [3.8, 4) is 17.0 Å². The summed E-state index contributed by atoms with van der Waals surface area (Å²) in [7, 11) is 0. The molecule has 0 bridgehead atoms. The van der Waals surface area contributed by atoms with E-state index in [1.165, 1.54) is 0 Å². The van der Waals surface area contributed by atoms with Gasteiger partial charge in [-0.3, -0.25) is 4.79 Å². The second-order valence-electron chi connectivity index (χ2n) is 6.51. The van der Waals surface area contributed by atoms with Gasteiger partial charge < -0.3 is 9.73 Å². The van der Waals surface area contributed by atoms with Gasteiger partial charge in [-0.05, 0) is 18.6 Å². The Morgan fingerprint density at radius 2 is 1.86 bits per heavy atom. The lowest BCUT2D eigenvalue weighted by molar-refractivity contribution is -0.116. The number of para-hydroxylation sites is 1. The molecule has 29 heavy (non-hydrogen) atoms. The zero-order valence-corrected chi connectivity index (χ0v) is 16.3. The van der Waals surface area contributed by atoms with Crippen LogP contribution in [-0.4, -0.2) is 20.7 Å². The van der Waals surface area contributed by atoms with E-state index in [4.69, 9.17) is 16.0 Å². The largest absolute Gasteiger partial charge is 0.441 e. The Kier molecular flexibility index (Phi) is 5.72. The number of carbonyl (C=O) groups excluding carboxylic acids is 1. The van der Waals surface area contributed by atoms with Crippen LogP contribution in [0.2, 0.25) is 5.02 Å². The number of aromatic nitrogens is 3. The number of benzene rings is 2. The molecule has 1 N–H and O–H groups in total. The van der Waals surface area contributed by atoms with Crippen LogP contribution in [-0.2, 0) is 11.2 Å². The third-order valence-corrected chi connectivity index (χ3v) is 4.69. The number of anilines is 1. The molecule has 7 heteroatoms. The van der Waals surface area contributed by atoms with Crippen molar-refractivity contribution in [3.05, 3.63) is 84.1 Å². The maximum Gasteiger partial charge on any atom is 0.224 e. The smallest absolute Gasteiger partial charge is 0.224 e. The van der Waals surface area contributed by atoms with E-state index >= 15 is 0 Å². The summed E-state index contributed by atoms with van der Waals surface area (Å²) in [5.74, 6) is 1.28. The highest BCUT2D eigenvalue weighted by atomic mass is 35.5. The van der Waals surface area contributed by atoms with Crippen molar-refractivity contribution in [2.45, 2.75) is 19.3 Å². The molecule has 6 nitrogen and oxygen atoms in total. The molecular formula is C22H19ClN4O2. The van der Waals surface area contributed by atoms with Crippen LogP contribution in [0.4, 0.5) is 5.69 Å². The van der Waals surface area contributed by atoms with Crippen LogP contribution in [0.1, 0.15) is 18.7 Å². The molecule has 0 radical (unpaired) electrons. The molecule has 0 aliphatic heterocycles. The van der Waals surface area contributed by atoms with E-state index in [2.05, 4.69) is 15.4 Å². The summed E-state index contributed by atoms with van der Waals surface area (Å²) in [4.78, 5) is 16.5. The van der Waals surface area contributed by atoms with Gasteiger partial charge in [0.1, 0.15) is 0 Å². The first-order valence-electron chi connectivity index (χ1n) is 9.28. The number of hydrogen-bond donors (Lipinski definition) is 1. The van der Waals surface area contributed by atoms with Crippen molar-refractivity contribution in [3.63, 3.8) is 0 Å². The van der Waals surface area contributed by atoms with Crippen molar-refractivity contribution in [1.29, 1.82) is 0 Å². The van der Waals surface area contributed by atoms with Gasteiger partial charge in [0.15, 0.2) is 11.7 Å². The molecule has 0 aliphatic carbocycles. The highest BCUT2D eigenvalue weighted by molar-refractivity contribution is 6.32. The number of rotatable bonds is 7. The number of nitrogens with one attached hydrogen (secondary N) is 1. The monoisotopic (exact) mass is 406 g/mol. The van der Waals surface area contributed by atoms with E-state index in [0.29, 0.717) is 35.9 Å². The number of hydrogen-bond acceptors (Lipinski definition) is 4. The van der Waals surface area contributed by atoms with Gasteiger partial charge >= 0.3 is 0 Å². The molecule has 0 fully saturated rings. The minimum atomic E-state index is -0.0847. The van der Waals surface area contributed by atoms with E-state index in [1.54, 1.807) is 29.3 Å². The molecule has 2 heterocycles. The molecule has 1 amide bonds. The zero-order chi connectivity index (χ0) is 20.1. The van der Waals surface area contributed by atoms with Gasteiger partial charge in [0.25, 0.3) is 0 Å². The maximum absolute atomic E-state index is 12.2. The van der Waals surface area contributed by atoms with E-state index in [9.17, 15) is 4.79 Å². The molecule has 4 rings (SSSR count). The van der Waals surface area contributed by atoms with Gasteiger partial charge in [-0.1, -0.05) is 54.1 Å². The summed E-state index contributed by atoms with van der Waals surface area (Å²) in [6.45, 7) is 0. The van der Waals surface area contributed by atoms with Crippen LogP contribution < -0.4 is 5.32 Å². The number of amides is 1. The lowest BCUT2D eigenvalue weighted by Gasteiger charge is -2.03. The molecule has 0 saturated heterocycles. The van der Waals surface area contributed by atoms with Gasteiger partial charge in [0, 0.05) is 18.4 Å². The molecular weight excluding hydrogens is 388 g/mol. The highest BCUT2D eigenvalue weighted by Gasteiger charge is 2.10. The Bertz CT molecular complexity index is 1100. The molecule has 4 aromatic rings. The van der Waals surface area contributed by atoms with Crippen molar-refractivity contribution >= 4 is 23.2 Å². The average Bonchev–Trinajstić information content (AvgIpc) is 3.39. The quantitative estimate of drug-likeness (QED) is 0.461. The fraction of sp³-hybridized carbons (Fsp3) is 0.136. The van der Waals surface area contributed by atoms with Gasteiger partial charge in [-0.15, -0.1) is 0 Å². The number of nitrogens with zero attached hydrogens (tertiary/aromatic N) is 3. The Morgan fingerprint density at radius 3 is 2.69 bits per heavy atom. The Morgan fingerprint density at radius 1 is 1.07 bits per heavy atom. The molecule has 0 atom stereocenters. The highest BCUT2D eigenvalue weighted by Crippen LogP contribution is 2.22. The SMILES string of the molecule is O=C(CCCc1ncc(-c2ccccc2)o1)Nc1cnn(-c2ccccc2Cl)c1. The number of aryl methyl sites for hydroxylation is 1. The summed E-state index contributed by atoms with van der Waals surface area (Å²) in [6.07, 6.45) is 6.65. The number of halogens is 1. The third kappa shape index (κ3) is 4.73. The fourth-order valence-corrected chi connectivity index (χ4v) is 3.16. The Balaban J connectivity index is 1.28. The van der Waals surface area contributed by atoms with E-state index < -0.39 is 0 Å². The van der Waals surface area contributed by atoms with E-state index in [1.807, 2.05) is 48.5 Å². The fourth-order valence-electron chi connectivity index (χ4n) is 2.94. The predicted octanol–water partition coefficient (Wildman–Crippen LogP) is 5.14. The van der Waals surface area contributed by atoms with Crippen LogP contribution in [0.15, 0.2) is 77.6 Å². The lowest BCUT2D eigenvalue weighted by Crippen LogP contribution is -2.11. The minimum absolute atomic E-state index is 0.0847. The van der Waals surface area contributed by atoms with Gasteiger partial charge in [-0.25, -0.2) is 9.67 Å². The summed E-state index contributed by atoms with van der Waals surface area (Å²) in [6, 6.07) is 17.2. The average molecular weight is 407 g/mol. The van der Waals surface area contributed by atoms with Crippen LogP contribution in [0.5, 0.6) is 0 Å². The van der Waals surface area contributed by atoms with Gasteiger partial charge in [-0.2, -0.15) is 5.10 Å². The third-order valence-electron chi connectivity index (χ3n) is 4.37. The van der Waals surface area contributed by atoms with Crippen LogP contribution in [0.3, 0.4) is 0 Å². The topological polar surface area (TPSA) is 73.0 Å². The summed E-state index contributed by atoms with van der Waals surface area (Å²) in [5, 5.41) is 7.70. The van der Waals surface area contributed by atoms with Crippen LogP contribution >= 0.6 is 11.6 Å². The standard InChI is InChI=1S/C22H19ClN4O2/c23-18-9-4-5-10-19(18)27-15-17(13-25-27)26-21(28)11-6-12-22-24-14-20(29-22)16-7-2-1-3-8-16/h1-5,7-10,13-15H,6,11-12H2,(H,26,28). The first-order chi connectivity index (χ1) is 14.2. The first-order valence-corrected chi connectivity index (χ1v) is 9.66. The predicted molar refractivity (Wildman–Crippen MR) is 112 cm³/mol. The summed E-state index contributed by atoms with van der Waals surface area (Å²) < 4.78 is 7.40. The molecule has 0 aliphatic rings. The second-order valence-corrected chi connectivity index (χ2v) is 6.92. The van der Waals surface area contributed by atoms with Crippen LogP contribution in [0.25, 0.3) is 17.0 Å². The number of oxazole rings is 1. The van der Waals surface area contributed by atoms with E-state index in [0.717, 1.165) is 17.0 Å². The molecule has 146 valence electrons. The number of carbonyl (C=O) groups is 1. The zero-order valence-electron chi connectivity index (χ0n) is 15.6. The molecule has 0 unspecified atom stereocenters. The van der Waals surface area contributed by atoms with E-state index in [-0.39, 0.29) is 5.91 Å². The molecule has 0 saturated carbocycles. The van der Waals surface area contributed by atoms with Crippen molar-refractivity contribution < 1.29 is 9.21 Å². The van der Waals surface area contributed by atoms with Crippen molar-refractivity contribution in [2.24, 2.45) is 0 Å². The summed E-state index contributed by atoms with van der Waals surface area (Å²) >= 11 is 6.18. The van der Waals surface area contributed by atoms with Gasteiger partial charge in [0.05, 0.1) is 35.0 Å². The van der Waals surface area contributed by atoms with Crippen molar-refractivity contribution in [2.75, 3.05) is 5.32 Å². The summed E-state index contributed by atoms with van der Waals surface area (Å²) in [5.41, 5.74) is 2.37. The van der Waals surface area contributed by atoms with Gasteiger partial charge in [0.2, 0.25) is 5.91 Å². The second kappa shape index (κ2) is 8.75. The Hall–Kier alpha value is -3.38. The Labute approximate surface area is 173 Å². The maximum atomic E-state index is 12.2. The first kappa shape index (κ1) is 19.0.